The molecule has 0 bridgehead atoms. The molecule has 0 aliphatic carbocycles. The number of hydrogen-bond acceptors (Lipinski definition) is 4. The molecular formula is C12H18N2O3. The number of aryl methyl sites for hydroxylation is 1. The fraction of sp³-hybridized carbons (Fsp3) is 0.667. The molecule has 1 fully saturated rings. The Hall–Kier alpha value is -1.36. The number of rotatable bonds is 5. The molecule has 1 aliphatic heterocycles. The normalized spacial score (nSPS) is 20.9. The molecule has 1 aromatic heterocycles. The first-order valence-electron chi connectivity index (χ1n) is 6.12. The van der Waals surface area contributed by atoms with Crippen molar-refractivity contribution >= 4 is 5.97 Å². The third-order valence-corrected chi connectivity index (χ3v) is 3.24. The predicted octanol–water partition coefficient (Wildman–Crippen LogP) is 1.85. The van der Waals surface area contributed by atoms with Crippen LogP contribution in [0.4, 0.5) is 0 Å². The van der Waals surface area contributed by atoms with Crippen LogP contribution in [0.15, 0.2) is 10.6 Å². The van der Waals surface area contributed by atoms with Crippen molar-refractivity contribution in [2.24, 2.45) is 0 Å². The van der Waals surface area contributed by atoms with Gasteiger partial charge in [-0.25, -0.2) is 0 Å². The minimum Gasteiger partial charge on any atom is -0.481 e. The summed E-state index contributed by atoms with van der Waals surface area (Å²) in [4.78, 5) is 12.8. The quantitative estimate of drug-likeness (QED) is 0.848. The molecule has 1 aromatic rings. The van der Waals surface area contributed by atoms with Crippen molar-refractivity contribution in [3.63, 3.8) is 0 Å². The molecule has 5 nitrogen and oxygen atoms in total. The van der Waals surface area contributed by atoms with Crippen LogP contribution < -0.4 is 0 Å². The van der Waals surface area contributed by atoms with Gasteiger partial charge in [-0.3, -0.25) is 9.69 Å². The summed E-state index contributed by atoms with van der Waals surface area (Å²) in [7, 11) is 0. The Morgan fingerprint density at radius 3 is 3.18 bits per heavy atom. The number of likely N-dealkylation sites (tertiary alicyclic amines) is 1. The van der Waals surface area contributed by atoms with Crippen molar-refractivity contribution in [3.05, 3.63) is 17.5 Å². The van der Waals surface area contributed by atoms with Crippen molar-refractivity contribution in [2.45, 2.75) is 38.6 Å². The molecule has 2 rings (SSSR count). The predicted molar refractivity (Wildman–Crippen MR) is 61.7 cm³/mol. The highest BCUT2D eigenvalue weighted by molar-refractivity contribution is 5.66. The Labute approximate surface area is 100 Å². The Bertz CT molecular complexity index is 389. The number of carboxylic acids is 1. The van der Waals surface area contributed by atoms with E-state index < -0.39 is 5.97 Å². The molecule has 0 radical (unpaired) electrons. The number of carbonyl (C=O) groups is 1. The molecule has 5 heteroatoms. The van der Waals surface area contributed by atoms with E-state index in [1.165, 1.54) is 0 Å². The zero-order chi connectivity index (χ0) is 12.3. The Morgan fingerprint density at radius 2 is 2.53 bits per heavy atom. The molecule has 94 valence electrons. The lowest BCUT2D eigenvalue weighted by atomic mass is 10.1. The molecule has 0 aromatic carbocycles. The van der Waals surface area contributed by atoms with Crippen molar-refractivity contribution in [1.82, 2.24) is 10.1 Å². The summed E-state index contributed by atoms with van der Waals surface area (Å²) in [5, 5.41) is 12.7. The lowest BCUT2D eigenvalue weighted by molar-refractivity contribution is -0.137. The van der Waals surface area contributed by atoms with Gasteiger partial charge in [-0.2, -0.15) is 0 Å². The van der Waals surface area contributed by atoms with Gasteiger partial charge in [-0.1, -0.05) is 12.1 Å². The summed E-state index contributed by atoms with van der Waals surface area (Å²) in [5.41, 5.74) is 0.963. The van der Waals surface area contributed by atoms with Gasteiger partial charge in [0, 0.05) is 12.6 Å². The van der Waals surface area contributed by atoms with Crippen LogP contribution in [0.5, 0.6) is 0 Å². The summed E-state index contributed by atoms with van der Waals surface area (Å²) in [6.07, 6.45) is 3.17. The summed E-state index contributed by atoms with van der Waals surface area (Å²) in [5.74, 6) is 0.132. The standard InChI is InChI=1S/C12H18N2O3/c1-2-9-8-11(17-13-9)10-4-3-6-14(10)7-5-12(15)16/h8,10H,2-7H2,1H3,(H,15,16). The highest BCUT2D eigenvalue weighted by Gasteiger charge is 2.29. The van der Waals surface area contributed by atoms with Gasteiger partial charge in [0.2, 0.25) is 0 Å². The fourth-order valence-corrected chi connectivity index (χ4v) is 2.31. The van der Waals surface area contributed by atoms with E-state index >= 15 is 0 Å². The molecule has 17 heavy (non-hydrogen) atoms. The summed E-state index contributed by atoms with van der Waals surface area (Å²) >= 11 is 0. The zero-order valence-electron chi connectivity index (χ0n) is 10.1. The first-order valence-corrected chi connectivity index (χ1v) is 6.12. The van der Waals surface area contributed by atoms with E-state index in [9.17, 15) is 4.79 Å². The number of carboxylic acid groups (broad SMARTS) is 1. The SMILES string of the molecule is CCc1cc(C2CCCN2CCC(=O)O)on1. The van der Waals surface area contributed by atoms with Crippen LogP contribution in [0.3, 0.4) is 0 Å². The molecular weight excluding hydrogens is 220 g/mol. The molecule has 1 N–H and O–H groups in total. The minimum absolute atomic E-state index is 0.186. The van der Waals surface area contributed by atoms with Crippen LogP contribution in [0.2, 0.25) is 0 Å². The Kier molecular flexibility index (Phi) is 3.78. The topological polar surface area (TPSA) is 66.6 Å². The lowest BCUT2D eigenvalue weighted by Crippen LogP contribution is -2.25. The van der Waals surface area contributed by atoms with E-state index in [0.717, 1.165) is 37.3 Å². The molecule has 1 aliphatic rings. The van der Waals surface area contributed by atoms with E-state index in [0.29, 0.717) is 6.54 Å². The van der Waals surface area contributed by atoms with E-state index in [4.69, 9.17) is 9.63 Å². The smallest absolute Gasteiger partial charge is 0.304 e. The zero-order valence-corrected chi connectivity index (χ0v) is 10.1. The van der Waals surface area contributed by atoms with Gasteiger partial charge in [0.1, 0.15) is 0 Å². The second kappa shape index (κ2) is 5.31. The van der Waals surface area contributed by atoms with Gasteiger partial charge in [-0.05, 0) is 25.8 Å². The number of aromatic nitrogens is 1. The maximum atomic E-state index is 10.6. The van der Waals surface area contributed by atoms with E-state index in [2.05, 4.69) is 10.1 Å². The molecule has 0 saturated carbocycles. The third-order valence-electron chi connectivity index (χ3n) is 3.24. The van der Waals surface area contributed by atoms with Gasteiger partial charge >= 0.3 is 5.97 Å². The Morgan fingerprint density at radius 1 is 1.71 bits per heavy atom. The molecule has 1 saturated heterocycles. The highest BCUT2D eigenvalue weighted by atomic mass is 16.5. The molecule has 1 atom stereocenters. The van der Waals surface area contributed by atoms with E-state index in [-0.39, 0.29) is 12.5 Å². The van der Waals surface area contributed by atoms with Gasteiger partial charge in [-0.15, -0.1) is 0 Å². The highest BCUT2D eigenvalue weighted by Crippen LogP contribution is 2.32. The second-order valence-electron chi connectivity index (χ2n) is 4.41. The van der Waals surface area contributed by atoms with Crippen LogP contribution in [-0.2, 0) is 11.2 Å². The van der Waals surface area contributed by atoms with E-state index in [1.54, 1.807) is 0 Å². The monoisotopic (exact) mass is 238 g/mol. The van der Waals surface area contributed by atoms with Gasteiger partial charge in [0.05, 0.1) is 18.2 Å². The van der Waals surface area contributed by atoms with Crippen molar-refractivity contribution in [3.8, 4) is 0 Å². The van der Waals surface area contributed by atoms with Gasteiger partial charge in [0.25, 0.3) is 0 Å². The number of hydrogen-bond donors (Lipinski definition) is 1. The first kappa shape index (κ1) is 12.1. The average Bonchev–Trinajstić information content (AvgIpc) is 2.94. The maximum absolute atomic E-state index is 10.6. The van der Waals surface area contributed by atoms with Crippen molar-refractivity contribution in [2.75, 3.05) is 13.1 Å². The van der Waals surface area contributed by atoms with Crippen LogP contribution in [0, 0.1) is 0 Å². The fourth-order valence-electron chi connectivity index (χ4n) is 2.31. The third kappa shape index (κ3) is 2.85. The lowest BCUT2D eigenvalue weighted by Gasteiger charge is -2.21. The number of nitrogens with zero attached hydrogens (tertiary/aromatic N) is 2. The van der Waals surface area contributed by atoms with E-state index in [1.807, 2.05) is 13.0 Å². The van der Waals surface area contributed by atoms with Gasteiger partial charge < -0.3 is 9.63 Å². The van der Waals surface area contributed by atoms with Crippen LogP contribution >= 0.6 is 0 Å². The van der Waals surface area contributed by atoms with Crippen molar-refractivity contribution < 1.29 is 14.4 Å². The molecule has 0 amide bonds. The average molecular weight is 238 g/mol. The van der Waals surface area contributed by atoms with Crippen LogP contribution in [0.1, 0.15) is 43.7 Å². The molecule has 2 heterocycles. The molecule has 0 spiro atoms. The maximum Gasteiger partial charge on any atom is 0.304 e. The number of aliphatic carboxylic acids is 1. The first-order chi connectivity index (χ1) is 8.20. The summed E-state index contributed by atoms with van der Waals surface area (Å²) < 4.78 is 5.34. The Balaban J connectivity index is 2.00. The summed E-state index contributed by atoms with van der Waals surface area (Å²) in [6, 6.07) is 2.20. The van der Waals surface area contributed by atoms with Crippen molar-refractivity contribution in [1.29, 1.82) is 0 Å². The largest absolute Gasteiger partial charge is 0.481 e. The van der Waals surface area contributed by atoms with Crippen LogP contribution in [0.25, 0.3) is 0 Å². The second-order valence-corrected chi connectivity index (χ2v) is 4.41. The summed E-state index contributed by atoms with van der Waals surface area (Å²) in [6.45, 7) is 3.57. The van der Waals surface area contributed by atoms with Crippen LogP contribution in [-0.4, -0.2) is 34.2 Å². The minimum atomic E-state index is -0.748. The molecule has 1 unspecified atom stereocenters. The van der Waals surface area contributed by atoms with Gasteiger partial charge in [0.15, 0.2) is 5.76 Å².